The van der Waals surface area contributed by atoms with E-state index in [1.807, 2.05) is 13.8 Å². The number of Topliss-reactive ketones (excluding diaryl/α,β-unsaturated/α-hetero) is 1. The zero-order chi connectivity index (χ0) is 13.2. The number of esters is 1. The van der Waals surface area contributed by atoms with Gasteiger partial charge in [0, 0.05) is 19.0 Å². The summed E-state index contributed by atoms with van der Waals surface area (Å²) < 4.78 is 5.00. The lowest BCUT2D eigenvalue weighted by Gasteiger charge is -2.20. The van der Waals surface area contributed by atoms with E-state index in [4.69, 9.17) is 4.74 Å². The predicted molar refractivity (Wildman–Crippen MR) is 61.2 cm³/mol. The monoisotopic (exact) mass is 241 g/mol. The molecule has 17 heavy (non-hydrogen) atoms. The first kappa shape index (κ1) is 13.7. The zero-order valence-corrected chi connectivity index (χ0v) is 10.7. The SMILES string of the molecule is CC(=O)[C@H](C)OC(=O)[C@@H]1CC(=O)N(C(C)C)C1. The summed E-state index contributed by atoms with van der Waals surface area (Å²) in [6, 6.07) is 0.0885. The maximum absolute atomic E-state index is 11.7. The molecule has 1 aliphatic rings. The van der Waals surface area contributed by atoms with Crippen LogP contribution in [0, 0.1) is 5.92 Å². The summed E-state index contributed by atoms with van der Waals surface area (Å²) in [5.41, 5.74) is 0. The van der Waals surface area contributed by atoms with Gasteiger partial charge in [-0.2, -0.15) is 0 Å². The molecule has 5 heteroatoms. The Hall–Kier alpha value is -1.39. The number of hydrogen-bond acceptors (Lipinski definition) is 4. The van der Waals surface area contributed by atoms with Gasteiger partial charge in [0.05, 0.1) is 5.92 Å². The van der Waals surface area contributed by atoms with E-state index in [1.165, 1.54) is 13.8 Å². The first-order valence-electron chi connectivity index (χ1n) is 5.83. The largest absolute Gasteiger partial charge is 0.454 e. The van der Waals surface area contributed by atoms with Crippen LogP contribution in [0.2, 0.25) is 0 Å². The molecule has 1 fully saturated rings. The maximum atomic E-state index is 11.7. The van der Waals surface area contributed by atoms with Crippen LogP contribution in [0.3, 0.4) is 0 Å². The molecule has 0 aliphatic carbocycles. The molecule has 0 N–H and O–H groups in total. The molecule has 0 radical (unpaired) electrons. The number of amides is 1. The van der Waals surface area contributed by atoms with Gasteiger partial charge in [-0.3, -0.25) is 14.4 Å². The summed E-state index contributed by atoms with van der Waals surface area (Å²) in [6.07, 6.45) is -0.549. The van der Waals surface area contributed by atoms with Crippen molar-refractivity contribution in [3.05, 3.63) is 0 Å². The number of ketones is 1. The highest BCUT2D eigenvalue weighted by atomic mass is 16.5. The van der Waals surface area contributed by atoms with Gasteiger partial charge in [0.15, 0.2) is 11.9 Å². The Morgan fingerprint density at radius 2 is 1.94 bits per heavy atom. The number of likely N-dealkylation sites (tertiary alicyclic amines) is 1. The van der Waals surface area contributed by atoms with Gasteiger partial charge in [0.25, 0.3) is 0 Å². The van der Waals surface area contributed by atoms with E-state index in [0.717, 1.165) is 0 Å². The van der Waals surface area contributed by atoms with Crippen molar-refractivity contribution in [1.82, 2.24) is 4.90 Å². The van der Waals surface area contributed by atoms with Crippen LogP contribution in [0.5, 0.6) is 0 Å². The minimum absolute atomic E-state index is 0.0302. The molecule has 2 atom stereocenters. The highest BCUT2D eigenvalue weighted by molar-refractivity contribution is 5.88. The lowest BCUT2D eigenvalue weighted by atomic mass is 10.1. The molecule has 0 aromatic carbocycles. The fourth-order valence-corrected chi connectivity index (χ4v) is 1.74. The van der Waals surface area contributed by atoms with E-state index in [0.29, 0.717) is 6.54 Å². The van der Waals surface area contributed by atoms with E-state index in [1.54, 1.807) is 4.90 Å². The highest BCUT2D eigenvalue weighted by Crippen LogP contribution is 2.21. The van der Waals surface area contributed by atoms with Gasteiger partial charge >= 0.3 is 5.97 Å². The maximum Gasteiger partial charge on any atom is 0.311 e. The van der Waals surface area contributed by atoms with Crippen molar-refractivity contribution in [3.8, 4) is 0 Å². The molecule has 0 aromatic heterocycles. The van der Waals surface area contributed by atoms with Crippen molar-refractivity contribution in [2.75, 3.05) is 6.54 Å². The van der Waals surface area contributed by atoms with E-state index in [-0.39, 0.29) is 24.2 Å². The summed E-state index contributed by atoms with van der Waals surface area (Å²) in [7, 11) is 0. The molecule has 0 spiro atoms. The Bertz CT molecular complexity index is 337. The van der Waals surface area contributed by atoms with Gasteiger partial charge in [-0.15, -0.1) is 0 Å². The highest BCUT2D eigenvalue weighted by Gasteiger charge is 2.37. The normalized spacial score (nSPS) is 21.8. The number of nitrogens with zero attached hydrogens (tertiary/aromatic N) is 1. The lowest BCUT2D eigenvalue weighted by molar-refractivity contribution is -0.157. The topological polar surface area (TPSA) is 63.7 Å². The molecule has 1 heterocycles. The third kappa shape index (κ3) is 3.28. The molecule has 96 valence electrons. The van der Waals surface area contributed by atoms with E-state index >= 15 is 0 Å². The number of carbonyl (C=O) groups is 3. The van der Waals surface area contributed by atoms with Crippen molar-refractivity contribution < 1.29 is 19.1 Å². The number of carbonyl (C=O) groups excluding carboxylic acids is 3. The number of hydrogen-bond donors (Lipinski definition) is 0. The van der Waals surface area contributed by atoms with Crippen LogP contribution in [-0.4, -0.2) is 41.3 Å². The summed E-state index contributed by atoms with van der Waals surface area (Å²) in [5, 5.41) is 0. The standard InChI is InChI=1S/C12H19NO4/c1-7(2)13-6-10(5-11(13)15)12(16)17-9(4)8(3)14/h7,9-10H,5-6H2,1-4H3/t9-,10+/m0/s1. The Morgan fingerprint density at radius 3 is 2.35 bits per heavy atom. The fraction of sp³-hybridized carbons (Fsp3) is 0.750. The van der Waals surface area contributed by atoms with Gasteiger partial charge in [-0.1, -0.05) is 0 Å². The van der Waals surface area contributed by atoms with Crippen molar-refractivity contribution in [3.63, 3.8) is 0 Å². The zero-order valence-electron chi connectivity index (χ0n) is 10.7. The third-order valence-corrected chi connectivity index (χ3v) is 2.98. The molecule has 1 aliphatic heterocycles. The summed E-state index contributed by atoms with van der Waals surface area (Å²) in [4.78, 5) is 36.0. The molecular weight excluding hydrogens is 222 g/mol. The van der Waals surface area contributed by atoms with Crippen molar-refractivity contribution in [2.45, 2.75) is 46.3 Å². The quantitative estimate of drug-likeness (QED) is 0.682. The minimum Gasteiger partial charge on any atom is -0.454 e. The van der Waals surface area contributed by atoms with Crippen LogP contribution in [0.25, 0.3) is 0 Å². The summed E-state index contributed by atoms with van der Waals surface area (Å²) >= 11 is 0. The van der Waals surface area contributed by atoms with Gasteiger partial charge in [0.2, 0.25) is 5.91 Å². The van der Waals surface area contributed by atoms with Crippen LogP contribution >= 0.6 is 0 Å². The van der Waals surface area contributed by atoms with E-state index < -0.39 is 18.0 Å². The van der Waals surface area contributed by atoms with Crippen LogP contribution in [0.15, 0.2) is 0 Å². The molecule has 0 bridgehead atoms. The molecule has 0 aromatic rings. The third-order valence-electron chi connectivity index (χ3n) is 2.98. The Labute approximate surface area is 101 Å². The van der Waals surface area contributed by atoms with Crippen LogP contribution in [-0.2, 0) is 19.1 Å². The summed E-state index contributed by atoms with van der Waals surface area (Å²) in [6.45, 7) is 7.11. The fourth-order valence-electron chi connectivity index (χ4n) is 1.74. The summed E-state index contributed by atoms with van der Waals surface area (Å²) in [5.74, 6) is -1.11. The first-order chi connectivity index (χ1) is 7.82. The average Bonchev–Trinajstić information content (AvgIpc) is 2.60. The molecule has 1 amide bonds. The molecule has 5 nitrogen and oxygen atoms in total. The molecule has 0 unspecified atom stereocenters. The van der Waals surface area contributed by atoms with Crippen LogP contribution in [0.4, 0.5) is 0 Å². The van der Waals surface area contributed by atoms with Gasteiger partial charge in [-0.25, -0.2) is 0 Å². The Kier molecular flexibility index (Phi) is 4.26. The van der Waals surface area contributed by atoms with Crippen LogP contribution in [0.1, 0.15) is 34.1 Å². The van der Waals surface area contributed by atoms with E-state index in [9.17, 15) is 14.4 Å². The van der Waals surface area contributed by atoms with Gasteiger partial charge in [-0.05, 0) is 27.7 Å². The van der Waals surface area contributed by atoms with Crippen LogP contribution < -0.4 is 0 Å². The second-order valence-electron chi connectivity index (χ2n) is 4.73. The van der Waals surface area contributed by atoms with E-state index in [2.05, 4.69) is 0 Å². The number of rotatable bonds is 4. The van der Waals surface area contributed by atoms with Gasteiger partial charge in [0.1, 0.15) is 0 Å². The molecule has 0 saturated carbocycles. The minimum atomic E-state index is -0.731. The second-order valence-corrected chi connectivity index (χ2v) is 4.73. The van der Waals surface area contributed by atoms with Crippen molar-refractivity contribution in [1.29, 1.82) is 0 Å². The lowest BCUT2D eigenvalue weighted by Crippen LogP contribution is -2.33. The smallest absolute Gasteiger partial charge is 0.311 e. The second kappa shape index (κ2) is 5.29. The number of ether oxygens (including phenoxy) is 1. The average molecular weight is 241 g/mol. The molecule has 1 saturated heterocycles. The molecule has 1 rings (SSSR count). The first-order valence-corrected chi connectivity index (χ1v) is 5.83. The van der Waals surface area contributed by atoms with Gasteiger partial charge < -0.3 is 9.64 Å². The molecular formula is C12H19NO4. The Balaban J connectivity index is 2.56. The Morgan fingerprint density at radius 1 is 1.35 bits per heavy atom. The van der Waals surface area contributed by atoms with Crippen molar-refractivity contribution >= 4 is 17.7 Å². The van der Waals surface area contributed by atoms with Crippen molar-refractivity contribution in [2.24, 2.45) is 5.92 Å². The predicted octanol–water partition coefficient (Wildman–Crippen LogP) is 0.764.